The third-order valence-corrected chi connectivity index (χ3v) is 1.31. The van der Waals surface area contributed by atoms with Gasteiger partial charge in [-0.05, 0) is 12.2 Å². The van der Waals surface area contributed by atoms with Gasteiger partial charge >= 0.3 is 0 Å². The summed E-state index contributed by atoms with van der Waals surface area (Å²) in [6.45, 7) is 0. The molecule has 0 aliphatic rings. The summed E-state index contributed by atoms with van der Waals surface area (Å²) in [5.41, 5.74) is 3.12. The van der Waals surface area contributed by atoms with E-state index in [9.17, 15) is 0 Å². The number of nitrogens with one attached hydrogen (secondary N) is 2. The molecule has 0 amide bonds. The fourth-order valence-electron chi connectivity index (χ4n) is 0.653. The first-order valence-corrected chi connectivity index (χ1v) is 3.39. The average molecular weight is 171 g/mol. The number of nitrogens with two attached hydrogens (primary N) is 1. The van der Waals surface area contributed by atoms with Crippen LogP contribution in [0, 0.1) is 0 Å². The van der Waals surface area contributed by atoms with Crippen molar-refractivity contribution in [2.45, 2.75) is 0 Å². The molecule has 6 heteroatoms. The molecule has 0 saturated heterocycles. The second kappa shape index (κ2) is 3.31. The van der Waals surface area contributed by atoms with Crippen LogP contribution in [0.3, 0.4) is 0 Å². The number of anilines is 1. The van der Waals surface area contributed by atoms with Crippen molar-refractivity contribution in [3.63, 3.8) is 0 Å². The van der Waals surface area contributed by atoms with E-state index in [1.54, 1.807) is 17.1 Å². The molecule has 0 aliphatic heterocycles. The Morgan fingerprint density at radius 1 is 1.82 bits per heavy atom. The first kappa shape index (κ1) is 7.96. The molecular formula is C5H9N5S. The van der Waals surface area contributed by atoms with E-state index in [0.29, 0.717) is 5.11 Å². The summed E-state index contributed by atoms with van der Waals surface area (Å²) in [7, 11) is 1.82. The van der Waals surface area contributed by atoms with E-state index >= 15 is 0 Å². The van der Waals surface area contributed by atoms with Crippen LogP contribution in [0.2, 0.25) is 0 Å². The van der Waals surface area contributed by atoms with Crippen LogP contribution in [0.25, 0.3) is 0 Å². The minimum atomic E-state index is 0.373. The Kier molecular flexibility index (Phi) is 2.40. The molecule has 11 heavy (non-hydrogen) atoms. The van der Waals surface area contributed by atoms with Gasteiger partial charge in [-0.15, -0.1) is 0 Å². The van der Waals surface area contributed by atoms with Gasteiger partial charge in [0.25, 0.3) is 0 Å². The Bertz CT molecular complexity index is 255. The second-order valence-electron chi connectivity index (χ2n) is 2.00. The summed E-state index contributed by atoms with van der Waals surface area (Å²) in [6.07, 6.45) is 3.45. The number of thiocarbonyl (C=S) groups is 1. The van der Waals surface area contributed by atoms with Crippen molar-refractivity contribution < 1.29 is 0 Å². The van der Waals surface area contributed by atoms with Crippen LogP contribution in [0.15, 0.2) is 12.4 Å². The molecule has 1 aromatic heterocycles. The van der Waals surface area contributed by atoms with Crippen LogP contribution in [-0.2, 0) is 7.05 Å². The maximum Gasteiger partial charge on any atom is 0.185 e. The highest BCUT2D eigenvalue weighted by atomic mass is 32.1. The zero-order chi connectivity index (χ0) is 8.27. The van der Waals surface area contributed by atoms with Crippen LogP contribution in [0.1, 0.15) is 0 Å². The lowest BCUT2D eigenvalue weighted by Crippen LogP contribution is -2.33. The zero-order valence-electron chi connectivity index (χ0n) is 6.03. The van der Waals surface area contributed by atoms with Crippen LogP contribution in [-0.4, -0.2) is 14.9 Å². The van der Waals surface area contributed by atoms with Gasteiger partial charge in [0.2, 0.25) is 0 Å². The molecule has 60 valence electrons. The van der Waals surface area contributed by atoms with E-state index in [1.165, 1.54) is 0 Å². The fraction of sp³-hybridized carbons (Fsp3) is 0.200. The zero-order valence-corrected chi connectivity index (χ0v) is 6.85. The minimum absolute atomic E-state index is 0.373. The van der Waals surface area contributed by atoms with E-state index in [2.05, 4.69) is 15.8 Å². The molecule has 0 radical (unpaired) electrons. The molecule has 0 saturated carbocycles. The molecule has 0 fully saturated rings. The van der Waals surface area contributed by atoms with Crippen molar-refractivity contribution in [1.29, 1.82) is 0 Å². The summed E-state index contributed by atoms with van der Waals surface area (Å²) in [5.74, 6) is 5.05. The van der Waals surface area contributed by atoms with Crippen molar-refractivity contribution in [1.82, 2.24) is 15.2 Å². The number of hydrogen-bond acceptors (Lipinski definition) is 3. The monoisotopic (exact) mass is 171 g/mol. The number of hydrazine groups is 1. The Hall–Kier alpha value is -1.14. The Labute approximate surface area is 69.5 Å². The molecule has 0 atom stereocenters. The lowest BCUT2D eigenvalue weighted by atomic mass is 10.6. The van der Waals surface area contributed by atoms with E-state index in [0.717, 1.165) is 5.69 Å². The number of hydrogen-bond donors (Lipinski definition) is 3. The molecular weight excluding hydrogens is 162 g/mol. The number of nitrogens with zero attached hydrogens (tertiary/aromatic N) is 2. The summed E-state index contributed by atoms with van der Waals surface area (Å²) < 4.78 is 1.67. The summed E-state index contributed by atoms with van der Waals surface area (Å²) >= 11 is 4.76. The molecule has 0 aliphatic carbocycles. The summed E-state index contributed by atoms with van der Waals surface area (Å²) in [6, 6.07) is 0. The highest BCUT2D eigenvalue weighted by molar-refractivity contribution is 7.80. The molecule has 0 unspecified atom stereocenters. The lowest BCUT2D eigenvalue weighted by Gasteiger charge is -2.01. The normalized spacial score (nSPS) is 9.27. The largest absolute Gasteiger partial charge is 0.329 e. The standard InChI is InChI=1S/C5H9N5S/c1-10-3-4(2-7-10)8-5(11)9-6/h2-3H,6H2,1H3,(H2,8,9,11). The Morgan fingerprint density at radius 2 is 2.55 bits per heavy atom. The smallest absolute Gasteiger partial charge is 0.185 e. The molecule has 4 N–H and O–H groups in total. The van der Waals surface area contributed by atoms with Crippen molar-refractivity contribution in [2.75, 3.05) is 5.32 Å². The maximum atomic E-state index is 5.05. The van der Waals surface area contributed by atoms with Gasteiger partial charge in [0.05, 0.1) is 11.9 Å². The van der Waals surface area contributed by atoms with Gasteiger partial charge in [0.15, 0.2) is 5.11 Å². The van der Waals surface area contributed by atoms with E-state index in [-0.39, 0.29) is 0 Å². The number of aromatic nitrogens is 2. The third kappa shape index (κ3) is 2.17. The Balaban J connectivity index is 2.57. The lowest BCUT2D eigenvalue weighted by molar-refractivity contribution is 0.768. The first-order valence-electron chi connectivity index (χ1n) is 2.98. The number of aryl methyl sites for hydroxylation is 1. The highest BCUT2D eigenvalue weighted by Crippen LogP contribution is 2.01. The topological polar surface area (TPSA) is 67.9 Å². The van der Waals surface area contributed by atoms with Crippen LogP contribution < -0.4 is 16.6 Å². The number of rotatable bonds is 1. The van der Waals surface area contributed by atoms with Gasteiger partial charge in [-0.2, -0.15) is 5.10 Å². The summed E-state index contributed by atoms with van der Waals surface area (Å²) in [4.78, 5) is 0. The van der Waals surface area contributed by atoms with E-state index in [1.807, 2.05) is 7.05 Å². The Morgan fingerprint density at radius 3 is 3.00 bits per heavy atom. The molecule has 1 heterocycles. The molecule has 0 aromatic carbocycles. The summed E-state index contributed by atoms with van der Waals surface area (Å²) in [5, 5.41) is 7.13. The van der Waals surface area contributed by atoms with Gasteiger partial charge < -0.3 is 10.7 Å². The molecule has 5 nitrogen and oxygen atoms in total. The van der Waals surface area contributed by atoms with Crippen LogP contribution >= 0.6 is 12.2 Å². The maximum absolute atomic E-state index is 5.05. The first-order chi connectivity index (χ1) is 5.22. The van der Waals surface area contributed by atoms with Crippen molar-refractivity contribution in [2.24, 2.45) is 12.9 Å². The SMILES string of the molecule is Cn1cc(NC(=S)NN)cn1. The van der Waals surface area contributed by atoms with Crippen LogP contribution in [0.5, 0.6) is 0 Å². The van der Waals surface area contributed by atoms with E-state index in [4.69, 9.17) is 18.1 Å². The van der Waals surface area contributed by atoms with Gasteiger partial charge in [-0.25, -0.2) is 5.84 Å². The average Bonchev–Trinajstić information content (AvgIpc) is 2.35. The highest BCUT2D eigenvalue weighted by Gasteiger charge is 1.95. The molecule has 0 bridgehead atoms. The molecule has 1 aromatic rings. The van der Waals surface area contributed by atoms with Crippen molar-refractivity contribution in [3.05, 3.63) is 12.4 Å². The molecule has 1 rings (SSSR count). The quantitative estimate of drug-likeness (QED) is 0.304. The second-order valence-corrected chi connectivity index (χ2v) is 2.41. The van der Waals surface area contributed by atoms with E-state index < -0.39 is 0 Å². The predicted octanol–water partition coefficient (Wildman–Crippen LogP) is -0.420. The fourth-order valence-corrected chi connectivity index (χ4v) is 0.771. The predicted molar refractivity (Wildman–Crippen MR) is 46.8 cm³/mol. The minimum Gasteiger partial charge on any atom is -0.329 e. The van der Waals surface area contributed by atoms with Crippen molar-refractivity contribution in [3.8, 4) is 0 Å². The van der Waals surface area contributed by atoms with Gasteiger partial charge in [0.1, 0.15) is 0 Å². The van der Waals surface area contributed by atoms with Gasteiger partial charge in [-0.3, -0.25) is 4.68 Å². The van der Waals surface area contributed by atoms with Crippen molar-refractivity contribution >= 4 is 23.0 Å². The molecule has 0 spiro atoms. The van der Waals surface area contributed by atoms with Gasteiger partial charge in [-0.1, -0.05) is 0 Å². The third-order valence-electron chi connectivity index (χ3n) is 1.09. The van der Waals surface area contributed by atoms with Gasteiger partial charge in [0, 0.05) is 13.2 Å². The van der Waals surface area contributed by atoms with Crippen LogP contribution in [0.4, 0.5) is 5.69 Å².